The zero-order chi connectivity index (χ0) is 20.8. The highest BCUT2D eigenvalue weighted by Crippen LogP contribution is 2.23. The third kappa shape index (κ3) is 5.54. The van der Waals surface area contributed by atoms with Crippen LogP contribution in [-0.4, -0.2) is 59.5 Å². The van der Waals surface area contributed by atoms with Crippen molar-refractivity contribution in [3.8, 4) is 11.1 Å². The largest absolute Gasteiger partial charge is 0.350 e. The highest BCUT2D eigenvalue weighted by Gasteiger charge is 2.21. The Hall–Kier alpha value is -2.47. The van der Waals surface area contributed by atoms with Gasteiger partial charge in [-0.25, -0.2) is 0 Å². The fraction of sp³-hybridized carbons (Fsp3) is 0.522. The van der Waals surface area contributed by atoms with Crippen LogP contribution in [0.4, 0.5) is 0 Å². The van der Waals surface area contributed by atoms with Crippen molar-refractivity contribution in [1.29, 1.82) is 0 Å². The van der Waals surface area contributed by atoms with Crippen molar-refractivity contribution in [2.75, 3.05) is 33.2 Å². The van der Waals surface area contributed by atoms with Gasteiger partial charge in [-0.1, -0.05) is 19.1 Å². The molecule has 0 bridgehead atoms. The number of aliphatic imine (C=N–C) groups is 1. The summed E-state index contributed by atoms with van der Waals surface area (Å²) in [5, 5.41) is 7.43. The second kappa shape index (κ2) is 9.83. The summed E-state index contributed by atoms with van der Waals surface area (Å²) in [4.78, 5) is 20.1. The van der Waals surface area contributed by atoms with Crippen LogP contribution in [0.25, 0.3) is 11.1 Å². The van der Waals surface area contributed by atoms with Gasteiger partial charge in [0, 0.05) is 37.5 Å². The number of hydrogen-bond donors (Lipinski definition) is 1. The summed E-state index contributed by atoms with van der Waals surface area (Å²) in [6, 6.07) is 6.20. The number of amides is 1. The molecule has 1 aromatic carbocycles. The zero-order valence-electron chi connectivity index (χ0n) is 18.1. The lowest BCUT2D eigenvalue weighted by molar-refractivity contribution is -0.115. The van der Waals surface area contributed by atoms with E-state index in [1.165, 1.54) is 0 Å². The quantitative estimate of drug-likeness (QED) is 0.733. The second-order valence-electron chi connectivity index (χ2n) is 8.12. The average molecular weight is 396 g/mol. The summed E-state index contributed by atoms with van der Waals surface area (Å²) >= 11 is 0. The number of carbonyl (C=O) groups excluding carboxylic acids is 1. The summed E-state index contributed by atoms with van der Waals surface area (Å²) < 4.78 is 1.79. The minimum absolute atomic E-state index is 0.0659. The zero-order valence-corrected chi connectivity index (χ0v) is 18.1. The third-order valence-electron chi connectivity index (χ3n) is 5.63. The number of piperidine rings is 1. The number of nitrogens with one attached hydrogen (secondary N) is 1. The topological polar surface area (TPSA) is 62.5 Å². The van der Waals surface area contributed by atoms with Gasteiger partial charge in [0.05, 0.1) is 6.20 Å². The van der Waals surface area contributed by atoms with Crippen LogP contribution in [0.15, 0.2) is 35.6 Å². The molecule has 0 aliphatic carbocycles. The van der Waals surface area contributed by atoms with E-state index in [2.05, 4.69) is 52.5 Å². The standard InChI is InChI=1S/C23H33N5O/c1-5-10-24-22(23(29)25-14-18-8-11-27(3)12-9-18)21-13-19(7-6-17(21)2)20-15-26-28(4)16-20/h6-7,13,15-16,18H,5,8-12,14H2,1-4H3,(H,25,29)/b24-22+. The van der Waals surface area contributed by atoms with Crippen LogP contribution < -0.4 is 5.32 Å². The van der Waals surface area contributed by atoms with Gasteiger partial charge < -0.3 is 10.2 Å². The van der Waals surface area contributed by atoms with Gasteiger partial charge in [0.25, 0.3) is 5.91 Å². The van der Waals surface area contributed by atoms with Crippen molar-refractivity contribution in [1.82, 2.24) is 20.0 Å². The lowest BCUT2D eigenvalue weighted by Crippen LogP contribution is -2.39. The molecule has 2 heterocycles. The summed E-state index contributed by atoms with van der Waals surface area (Å²) in [6.07, 6.45) is 7.00. The molecule has 29 heavy (non-hydrogen) atoms. The fourth-order valence-corrected chi connectivity index (χ4v) is 3.72. The molecule has 6 nitrogen and oxygen atoms in total. The summed E-state index contributed by atoms with van der Waals surface area (Å²) in [7, 11) is 4.06. The minimum Gasteiger partial charge on any atom is -0.350 e. The van der Waals surface area contributed by atoms with Crippen LogP contribution in [0, 0.1) is 12.8 Å². The smallest absolute Gasteiger partial charge is 0.270 e. The van der Waals surface area contributed by atoms with E-state index in [1.807, 2.05) is 26.4 Å². The maximum absolute atomic E-state index is 13.1. The highest BCUT2D eigenvalue weighted by atomic mass is 16.1. The third-order valence-corrected chi connectivity index (χ3v) is 5.63. The first kappa shape index (κ1) is 21.2. The second-order valence-corrected chi connectivity index (χ2v) is 8.12. The van der Waals surface area contributed by atoms with Crippen molar-refractivity contribution in [3.05, 3.63) is 41.7 Å². The van der Waals surface area contributed by atoms with Gasteiger partial charge in [-0.05, 0) is 69.4 Å². The average Bonchev–Trinajstić information content (AvgIpc) is 3.15. The fourth-order valence-electron chi connectivity index (χ4n) is 3.72. The van der Waals surface area contributed by atoms with Crippen molar-refractivity contribution in [3.63, 3.8) is 0 Å². The predicted molar refractivity (Wildman–Crippen MR) is 118 cm³/mol. The Morgan fingerprint density at radius 2 is 2.00 bits per heavy atom. The van der Waals surface area contributed by atoms with Crippen LogP contribution in [-0.2, 0) is 11.8 Å². The lowest BCUT2D eigenvalue weighted by Gasteiger charge is -2.29. The molecule has 0 unspecified atom stereocenters. The van der Waals surface area contributed by atoms with Gasteiger partial charge >= 0.3 is 0 Å². The molecule has 0 radical (unpaired) electrons. The SMILES string of the molecule is CCC/N=C(/C(=O)NCC1CCN(C)CC1)c1cc(-c2cnn(C)c2)ccc1C. The van der Waals surface area contributed by atoms with E-state index >= 15 is 0 Å². The predicted octanol–water partition coefficient (Wildman–Crippen LogP) is 3.05. The maximum Gasteiger partial charge on any atom is 0.270 e. The number of nitrogens with zero attached hydrogens (tertiary/aromatic N) is 4. The van der Waals surface area contributed by atoms with Crippen molar-refractivity contribution in [2.24, 2.45) is 18.0 Å². The Labute approximate surface area is 174 Å². The van der Waals surface area contributed by atoms with E-state index in [4.69, 9.17) is 0 Å². The normalized spacial score (nSPS) is 16.2. The van der Waals surface area contributed by atoms with Crippen LogP contribution in [0.5, 0.6) is 0 Å². The first-order valence-electron chi connectivity index (χ1n) is 10.6. The number of likely N-dealkylation sites (tertiary alicyclic amines) is 1. The first-order valence-corrected chi connectivity index (χ1v) is 10.6. The number of hydrogen-bond acceptors (Lipinski definition) is 4. The number of carbonyl (C=O) groups is 1. The molecule has 1 fully saturated rings. The van der Waals surface area contributed by atoms with Crippen LogP contribution in [0.3, 0.4) is 0 Å². The molecule has 1 aliphatic heterocycles. The molecule has 1 amide bonds. The molecule has 0 spiro atoms. The highest BCUT2D eigenvalue weighted by molar-refractivity contribution is 6.45. The molecule has 1 aromatic heterocycles. The Morgan fingerprint density at radius 1 is 1.24 bits per heavy atom. The summed E-state index contributed by atoms with van der Waals surface area (Å²) in [5.74, 6) is 0.481. The molecule has 2 aromatic rings. The molecule has 0 atom stereocenters. The van der Waals surface area contributed by atoms with E-state index < -0.39 is 0 Å². The molecule has 1 aliphatic rings. The Balaban J connectivity index is 1.80. The van der Waals surface area contributed by atoms with Crippen molar-refractivity contribution < 1.29 is 4.79 Å². The maximum atomic E-state index is 13.1. The van der Waals surface area contributed by atoms with Gasteiger partial charge in [0.2, 0.25) is 0 Å². The molecular formula is C23H33N5O. The Bertz CT molecular complexity index is 862. The van der Waals surface area contributed by atoms with E-state index in [1.54, 1.807) is 4.68 Å². The van der Waals surface area contributed by atoms with Gasteiger partial charge in [-0.3, -0.25) is 14.5 Å². The van der Waals surface area contributed by atoms with E-state index in [-0.39, 0.29) is 5.91 Å². The van der Waals surface area contributed by atoms with Crippen LogP contribution in [0.1, 0.15) is 37.3 Å². The number of aromatic nitrogens is 2. The van der Waals surface area contributed by atoms with Crippen LogP contribution >= 0.6 is 0 Å². The number of benzene rings is 1. The van der Waals surface area contributed by atoms with Gasteiger partial charge in [0.15, 0.2) is 0 Å². The van der Waals surface area contributed by atoms with Crippen molar-refractivity contribution in [2.45, 2.75) is 33.1 Å². The van der Waals surface area contributed by atoms with Gasteiger partial charge in [0.1, 0.15) is 5.71 Å². The lowest BCUT2D eigenvalue weighted by atomic mass is 9.96. The minimum atomic E-state index is -0.0659. The Kier molecular flexibility index (Phi) is 7.20. The van der Waals surface area contributed by atoms with E-state index in [0.717, 1.165) is 61.2 Å². The molecular weight excluding hydrogens is 362 g/mol. The summed E-state index contributed by atoms with van der Waals surface area (Å²) in [5.41, 5.74) is 4.59. The molecule has 3 rings (SSSR count). The monoisotopic (exact) mass is 395 g/mol. The number of aryl methyl sites for hydroxylation is 2. The molecule has 1 saturated heterocycles. The molecule has 0 saturated carbocycles. The van der Waals surface area contributed by atoms with Crippen molar-refractivity contribution >= 4 is 11.6 Å². The van der Waals surface area contributed by atoms with Gasteiger partial charge in [-0.15, -0.1) is 0 Å². The molecule has 1 N–H and O–H groups in total. The van der Waals surface area contributed by atoms with Crippen LogP contribution in [0.2, 0.25) is 0 Å². The van der Waals surface area contributed by atoms with E-state index in [9.17, 15) is 4.79 Å². The molecule has 156 valence electrons. The summed E-state index contributed by atoms with van der Waals surface area (Å²) in [6.45, 7) is 7.68. The van der Waals surface area contributed by atoms with Gasteiger partial charge in [-0.2, -0.15) is 5.10 Å². The Morgan fingerprint density at radius 3 is 2.66 bits per heavy atom. The number of rotatable bonds is 7. The molecule has 6 heteroatoms. The van der Waals surface area contributed by atoms with E-state index in [0.29, 0.717) is 18.2 Å². The first-order chi connectivity index (χ1) is 14.0.